The number of ether oxygens (including phenoxy) is 1. The van der Waals surface area contributed by atoms with Gasteiger partial charge >= 0.3 is 5.97 Å². The SMILES string of the molecule is CC(CNC(=O)CN1C(=O)C(C)Oc2ccccc21)C(=O)O. The zero-order chi connectivity index (χ0) is 16.3. The van der Waals surface area contributed by atoms with Gasteiger partial charge in [0.15, 0.2) is 6.10 Å². The molecule has 1 aliphatic heterocycles. The first-order chi connectivity index (χ1) is 10.4. The van der Waals surface area contributed by atoms with E-state index in [0.29, 0.717) is 11.4 Å². The van der Waals surface area contributed by atoms with Crippen molar-refractivity contribution in [3.63, 3.8) is 0 Å². The molecular weight excluding hydrogens is 288 g/mol. The Hall–Kier alpha value is -2.57. The van der Waals surface area contributed by atoms with Gasteiger partial charge in [0.05, 0.1) is 11.6 Å². The highest BCUT2D eigenvalue weighted by molar-refractivity contribution is 6.03. The number of hydrogen-bond donors (Lipinski definition) is 2. The summed E-state index contributed by atoms with van der Waals surface area (Å²) in [6.07, 6.45) is -0.666. The Labute approximate surface area is 127 Å². The minimum absolute atomic E-state index is 0.0178. The van der Waals surface area contributed by atoms with Crippen LogP contribution in [0.1, 0.15) is 13.8 Å². The minimum Gasteiger partial charge on any atom is -0.481 e. The monoisotopic (exact) mass is 306 g/mol. The van der Waals surface area contributed by atoms with E-state index in [1.54, 1.807) is 31.2 Å². The predicted molar refractivity (Wildman–Crippen MR) is 78.7 cm³/mol. The number of benzene rings is 1. The van der Waals surface area contributed by atoms with Crippen LogP contribution in [-0.2, 0) is 14.4 Å². The lowest BCUT2D eigenvalue weighted by Crippen LogP contribution is -2.49. The minimum atomic E-state index is -0.985. The fraction of sp³-hybridized carbons (Fsp3) is 0.400. The number of hydrogen-bond acceptors (Lipinski definition) is 4. The summed E-state index contributed by atoms with van der Waals surface area (Å²) in [6.45, 7) is 2.97. The second-order valence-corrected chi connectivity index (χ2v) is 5.20. The van der Waals surface area contributed by atoms with Gasteiger partial charge < -0.3 is 15.2 Å². The highest BCUT2D eigenvalue weighted by atomic mass is 16.5. The molecule has 22 heavy (non-hydrogen) atoms. The number of nitrogens with one attached hydrogen (secondary N) is 1. The van der Waals surface area contributed by atoms with E-state index in [0.717, 1.165) is 0 Å². The van der Waals surface area contributed by atoms with Crippen molar-refractivity contribution in [3.05, 3.63) is 24.3 Å². The number of amides is 2. The Morgan fingerprint density at radius 2 is 2.09 bits per heavy atom. The Bertz CT molecular complexity index is 601. The maximum atomic E-state index is 12.2. The van der Waals surface area contributed by atoms with Gasteiger partial charge in [0.2, 0.25) is 5.91 Å². The molecule has 0 saturated carbocycles. The van der Waals surface area contributed by atoms with E-state index >= 15 is 0 Å². The summed E-state index contributed by atoms with van der Waals surface area (Å²) in [4.78, 5) is 36.2. The first-order valence-electron chi connectivity index (χ1n) is 6.96. The Morgan fingerprint density at radius 3 is 2.77 bits per heavy atom. The molecule has 0 bridgehead atoms. The van der Waals surface area contributed by atoms with Gasteiger partial charge in [-0.25, -0.2) is 0 Å². The van der Waals surface area contributed by atoms with Gasteiger partial charge in [0.25, 0.3) is 5.91 Å². The smallest absolute Gasteiger partial charge is 0.308 e. The van der Waals surface area contributed by atoms with Gasteiger partial charge in [-0.05, 0) is 19.1 Å². The van der Waals surface area contributed by atoms with Gasteiger partial charge in [0, 0.05) is 6.54 Å². The van der Waals surface area contributed by atoms with Gasteiger partial charge in [-0.1, -0.05) is 19.1 Å². The first kappa shape index (κ1) is 15.8. The average molecular weight is 306 g/mol. The van der Waals surface area contributed by atoms with E-state index in [1.807, 2.05) is 0 Å². The van der Waals surface area contributed by atoms with Crippen molar-refractivity contribution >= 4 is 23.5 Å². The molecule has 2 atom stereocenters. The van der Waals surface area contributed by atoms with Gasteiger partial charge in [0.1, 0.15) is 12.3 Å². The van der Waals surface area contributed by atoms with Crippen LogP contribution in [0.5, 0.6) is 5.75 Å². The number of carbonyl (C=O) groups is 3. The van der Waals surface area contributed by atoms with Crippen LogP contribution in [-0.4, -0.2) is 42.1 Å². The van der Waals surface area contributed by atoms with Crippen molar-refractivity contribution in [2.75, 3.05) is 18.0 Å². The number of carbonyl (C=O) groups excluding carboxylic acids is 2. The molecule has 0 radical (unpaired) electrons. The van der Waals surface area contributed by atoms with E-state index in [1.165, 1.54) is 11.8 Å². The van der Waals surface area contributed by atoms with E-state index in [-0.39, 0.29) is 19.0 Å². The summed E-state index contributed by atoms with van der Waals surface area (Å²) in [5.41, 5.74) is 0.534. The number of rotatable bonds is 5. The Kier molecular flexibility index (Phi) is 4.65. The largest absolute Gasteiger partial charge is 0.481 e. The molecule has 1 aliphatic rings. The molecule has 1 aromatic carbocycles. The maximum Gasteiger partial charge on any atom is 0.308 e. The van der Waals surface area contributed by atoms with Crippen LogP contribution < -0.4 is 15.0 Å². The van der Waals surface area contributed by atoms with Crippen molar-refractivity contribution in [1.29, 1.82) is 0 Å². The summed E-state index contributed by atoms with van der Waals surface area (Å²) >= 11 is 0. The van der Waals surface area contributed by atoms with E-state index < -0.39 is 23.9 Å². The number of para-hydroxylation sites is 2. The van der Waals surface area contributed by atoms with Crippen molar-refractivity contribution in [3.8, 4) is 5.75 Å². The maximum absolute atomic E-state index is 12.2. The van der Waals surface area contributed by atoms with E-state index in [4.69, 9.17) is 9.84 Å². The summed E-state index contributed by atoms with van der Waals surface area (Å²) in [5.74, 6) is -1.84. The number of anilines is 1. The lowest BCUT2D eigenvalue weighted by Gasteiger charge is -2.32. The lowest BCUT2D eigenvalue weighted by molar-refractivity contribution is -0.141. The summed E-state index contributed by atoms with van der Waals surface area (Å²) in [6, 6.07) is 6.97. The predicted octanol–water partition coefficient (Wildman–Crippen LogP) is 0.637. The van der Waals surface area contributed by atoms with Crippen LogP contribution in [0, 0.1) is 5.92 Å². The molecule has 7 nitrogen and oxygen atoms in total. The second kappa shape index (κ2) is 6.46. The molecule has 1 aromatic rings. The molecule has 1 heterocycles. The topological polar surface area (TPSA) is 95.9 Å². The summed E-state index contributed by atoms with van der Waals surface area (Å²) < 4.78 is 5.48. The zero-order valence-electron chi connectivity index (χ0n) is 12.4. The normalized spacial score (nSPS) is 18.2. The van der Waals surface area contributed by atoms with Crippen molar-refractivity contribution in [1.82, 2.24) is 5.32 Å². The molecule has 2 amide bonds. The molecule has 2 N–H and O–H groups in total. The summed E-state index contributed by atoms with van der Waals surface area (Å²) in [7, 11) is 0. The average Bonchev–Trinajstić information content (AvgIpc) is 2.49. The molecule has 2 unspecified atom stereocenters. The van der Waals surface area contributed by atoms with Crippen LogP contribution >= 0.6 is 0 Å². The van der Waals surface area contributed by atoms with Crippen LogP contribution in [0.15, 0.2) is 24.3 Å². The molecule has 7 heteroatoms. The van der Waals surface area contributed by atoms with Crippen molar-refractivity contribution < 1.29 is 24.2 Å². The zero-order valence-corrected chi connectivity index (χ0v) is 12.4. The third-order valence-electron chi connectivity index (χ3n) is 3.40. The fourth-order valence-electron chi connectivity index (χ4n) is 2.08. The molecular formula is C15H18N2O5. The van der Waals surface area contributed by atoms with Gasteiger partial charge in [-0.15, -0.1) is 0 Å². The molecule has 0 aromatic heterocycles. The molecule has 2 rings (SSSR count). The second-order valence-electron chi connectivity index (χ2n) is 5.20. The number of carboxylic acids is 1. The van der Waals surface area contributed by atoms with Crippen LogP contribution in [0.4, 0.5) is 5.69 Å². The fourth-order valence-corrected chi connectivity index (χ4v) is 2.08. The lowest BCUT2D eigenvalue weighted by atomic mass is 10.1. The van der Waals surface area contributed by atoms with Crippen LogP contribution in [0.25, 0.3) is 0 Å². The Morgan fingerprint density at radius 1 is 1.41 bits per heavy atom. The number of carboxylic acid groups (broad SMARTS) is 1. The number of aliphatic carboxylic acids is 1. The van der Waals surface area contributed by atoms with Gasteiger partial charge in [-0.2, -0.15) is 0 Å². The molecule has 118 valence electrons. The molecule has 0 aliphatic carbocycles. The third kappa shape index (κ3) is 3.36. The highest BCUT2D eigenvalue weighted by Gasteiger charge is 2.32. The quantitative estimate of drug-likeness (QED) is 0.832. The summed E-state index contributed by atoms with van der Waals surface area (Å²) in [5, 5.41) is 11.3. The number of fused-ring (bicyclic) bond motifs is 1. The Balaban J connectivity index is 2.06. The van der Waals surface area contributed by atoms with Gasteiger partial charge in [-0.3, -0.25) is 19.3 Å². The standard InChI is InChI=1S/C15H18N2O5/c1-9(15(20)21)7-16-13(18)8-17-11-5-3-4-6-12(11)22-10(2)14(17)19/h3-6,9-10H,7-8H2,1-2H3,(H,16,18)(H,20,21). The van der Waals surface area contributed by atoms with Crippen LogP contribution in [0.2, 0.25) is 0 Å². The number of nitrogens with zero attached hydrogens (tertiary/aromatic N) is 1. The molecule has 0 spiro atoms. The molecule has 0 fully saturated rings. The van der Waals surface area contributed by atoms with E-state index in [9.17, 15) is 14.4 Å². The van der Waals surface area contributed by atoms with Crippen LogP contribution in [0.3, 0.4) is 0 Å². The first-order valence-corrected chi connectivity index (χ1v) is 6.96. The van der Waals surface area contributed by atoms with Crippen molar-refractivity contribution in [2.24, 2.45) is 5.92 Å². The van der Waals surface area contributed by atoms with Crippen molar-refractivity contribution in [2.45, 2.75) is 20.0 Å². The van der Waals surface area contributed by atoms with E-state index in [2.05, 4.69) is 5.32 Å². The highest BCUT2D eigenvalue weighted by Crippen LogP contribution is 2.33. The molecule has 0 saturated heterocycles. The third-order valence-corrected chi connectivity index (χ3v) is 3.40.